The van der Waals surface area contributed by atoms with Gasteiger partial charge in [-0.2, -0.15) is 13.1 Å². The second-order valence-corrected chi connectivity index (χ2v) is 5.22. The van der Waals surface area contributed by atoms with E-state index in [2.05, 4.69) is 14.1 Å². The highest BCUT2D eigenvalue weighted by molar-refractivity contribution is 7.96. The van der Waals surface area contributed by atoms with Crippen LogP contribution < -0.4 is 5.26 Å². The Labute approximate surface area is 113 Å². The summed E-state index contributed by atoms with van der Waals surface area (Å²) in [6.07, 6.45) is 3.02. The predicted octanol–water partition coefficient (Wildman–Crippen LogP) is 0.793. The van der Waals surface area contributed by atoms with Crippen LogP contribution in [0.2, 0.25) is 0 Å². The fourth-order valence-corrected chi connectivity index (χ4v) is 2.19. The molecule has 0 radical (unpaired) electrons. The van der Waals surface area contributed by atoms with Crippen LogP contribution in [0.25, 0.3) is 0 Å². The molecule has 1 aliphatic rings. The summed E-state index contributed by atoms with van der Waals surface area (Å²) in [5.41, 5.74) is 0. The van der Waals surface area contributed by atoms with Gasteiger partial charge >= 0.3 is 11.2 Å². The van der Waals surface area contributed by atoms with Crippen LogP contribution in [-0.2, 0) is 18.9 Å². The lowest BCUT2D eigenvalue weighted by Gasteiger charge is -2.27. The third-order valence-corrected chi connectivity index (χ3v) is 3.58. The molecule has 0 aromatic rings. The molecule has 9 heteroatoms. The lowest BCUT2D eigenvalue weighted by atomic mass is 9.83. The van der Waals surface area contributed by atoms with Crippen molar-refractivity contribution in [3.8, 4) is 0 Å². The largest absolute Gasteiger partial charge is 0.691 e. The second-order valence-electron chi connectivity index (χ2n) is 4.40. The van der Waals surface area contributed by atoms with Crippen molar-refractivity contribution in [2.45, 2.75) is 30.9 Å². The standard InChI is InChI=1S/C10H16F2O6S/c11-10(12,19-18-17-15)9(14)16-6-8-3-1-7(5-13)2-4-8/h7-8,13,15H,1-6H2/p-1. The van der Waals surface area contributed by atoms with Crippen molar-refractivity contribution < 1.29 is 38.0 Å². The van der Waals surface area contributed by atoms with Gasteiger partial charge in [-0.1, -0.05) is 0 Å². The number of carbonyl (C=O) groups is 1. The van der Waals surface area contributed by atoms with Gasteiger partial charge in [-0.3, -0.25) is 5.04 Å². The molecule has 0 unspecified atom stereocenters. The predicted molar refractivity (Wildman–Crippen MR) is 58.2 cm³/mol. The maximum atomic E-state index is 13.0. The van der Waals surface area contributed by atoms with E-state index in [-0.39, 0.29) is 25.0 Å². The molecule has 6 nitrogen and oxygen atoms in total. The number of hydrogen-bond acceptors (Lipinski definition) is 7. The first kappa shape index (κ1) is 16.6. The van der Waals surface area contributed by atoms with Crippen molar-refractivity contribution >= 4 is 18.0 Å². The molecule has 0 bridgehead atoms. The van der Waals surface area contributed by atoms with Gasteiger partial charge in [-0.25, -0.2) is 4.79 Å². The third-order valence-electron chi connectivity index (χ3n) is 3.08. The molecule has 19 heavy (non-hydrogen) atoms. The number of esters is 1. The number of aliphatic hydroxyl groups is 1. The Kier molecular flexibility index (Phi) is 6.94. The first-order chi connectivity index (χ1) is 8.99. The van der Waals surface area contributed by atoms with Crippen molar-refractivity contribution in [1.82, 2.24) is 0 Å². The first-order valence-corrected chi connectivity index (χ1v) is 6.54. The van der Waals surface area contributed by atoms with Crippen molar-refractivity contribution in [1.29, 1.82) is 0 Å². The summed E-state index contributed by atoms with van der Waals surface area (Å²) in [4.78, 5) is 11.1. The Morgan fingerprint density at radius 1 is 1.32 bits per heavy atom. The Morgan fingerprint density at radius 2 is 1.89 bits per heavy atom. The Morgan fingerprint density at radius 3 is 2.42 bits per heavy atom. The minimum Gasteiger partial charge on any atom is -0.691 e. The van der Waals surface area contributed by atoms with Crippen molar-refractivity contribution in [2.24, 2.45) is 11.8 Å². The molecule has 0 aromatic carbocycles. The zero-order valence-corrected chi connectivity index (χ0v) is 10.9. The Balaban J connectivity index is 2.26. The van der Waals surface area contributed by atoms with E-state index in [4.69, 9.17) is 5.11 Å². The van der Waals surface area contributed by atoms with Gasteiger partial charge in [0.2, 0.25) is 0 Å². The van der Waals surface area contributed by atoms with E-state index < -0.39 is 23.3 Å². The first-order valence-electron chi connectivity index (χ1n) is 5.79. The van der Waals surface area contributed by atoms with Gasteiger partial charge in [0.1, 0.15) is 12.0 Å². The molecule has 0 saturated heterocycles. The third kappa shape index (κ3) is 5.57. The molecule has 1 fully saturated rings. The van der Waals surface area contributed by atoms with E-state index in [0.717, 1.165) is 25.7 Å². The van der Waals surface area contributed by atoms with Gasteiger partial charge < -0.3 is 15.1 Å². The zero-order chi connectivity index (χ0) is 14.3. The lowest BCUT2D eigenvalue weighted by molar-refractivity contribution is -0.777. The van der Waals surface area contributed by atoms with Crippen molar-refractivity contribution in [3.05, 3.63) is 0 Å². The summed E-state index contributed by atoms with van der Waals surface area (Å²) in [6.45, 7) is 0.0130. The monoisotopic (exact) mass is 301 g/mol. The molecule has 1 saturated carbocycles. The van der Waals surface area contributed by atoms with Gasteiger partial charge in [-0.15, -0.1) is 0 Å². The number of aliphatic hydroxyl groups excluding tert-OH is 1. The van der Waals surface area contributed by atoms with Crippen LogP contribution in [-0.4, -0.2) is 29.5 Å². The number of alkyl halides is 2. The van der Waals surface area contributed by atoms with E-state index in [9.17, 15) is 18.8 Å². The van der Waals surface area contributed by atoms with Crippen molar-refractivity contribution in [3.63, 3.8) is 0 Å². The van der Waals surface area contributed by atoms with E-state index in [1.54, 1.807) is 0 Å². The maximum Gasteiger partial charge on any atom is 0.415 e. The Hall–Kier alpha value is -0.480. The van der Waals surface area contributed by atoms with E-state index in [0.29, 0.717) is 0 Å². The molecular formula is C10H15F2O6S-. The smallest absolute Gasteiger partial charge is 0.415 e. The highest BCUT2D eigenvalue weighted by atomic mass is 32.2. The zero-order valence-electron chi connectivity index (χ0n) is 10.0. The van der Waals surface area contributed by atoms with Crippen LogP contribution >= 0.6 is 12.0 Å². The average Bonchev–Trinajstić information content (AvgIpc) is 2.43. The highest BCUT2D eigenvalue weighted by Crippen LogP contribution is 2.32. The SMILES string of the molecule is O=C(OCC1CCC(CO)CC1)C(F)(F)SOO[O-]. The summed E-state index contributed by atoms with van der Waals surface area (Å²) in [5, 5.41) is 17.1. The van der Waals surface area contributed by atoms with E-state index in [1.165, 1.54) is 0 Å². The summed E-state index contributed by atoms with van der Waals surface area (Å²) in [7, 11) is 0. The minimum absolute atomic E-state index is 0.0178. The maximum absolute atomic E-state index is 13.0. The van der Waals surface area contributed by atoms with Crippen LogP contribution in [0.3, 0.4) is 0 Å². The summed E-state index contributed by atoms with van der Waals surface area (Å²) in [6, 6.07) is 0. The molecule has 1 N–H and O–H groups in total. The fourth-order valence-electron chi connectivity index (χ4n) is 1.95. The summed E-state index contributed by atoms with van der Waals surface area (Å²) in [5.74, 6) is -1.50. The molecule has 1 aliphatic carbocycles. The molecule has 0 atom stereocenters. The molecule has 0 aromatic heterocycles. The number of ether oxygens (including phenoxy) is 1. The number of hydrogen-bond donors (Lipinski definition) is 1. The lowest BCUT2D eigenvalue weighted by Crippen LogP contribution is -2.30. The summed E-state index contributed by atoms with van der Waals surface area (Å²) < 4.78 is 33.9. The van der Waals surface area contributed by atoms with Crippen LogP contribution in [0.5, 0.6) is 0 Å². The number of rotatable bonds is 7. The Bertz CT molecular complexity index is 283. The van der Waals surface area contributed by atoms with Crippen LogP contribution in [0, 0.1) is 11.8 Å². The van der Waals surface area contributed by atoms with Crippen LogP contribution in [0.1, 0.15) is 25.7 Å². The van der Waals surface area contributed by atoms with Crippen LogP contribution in [0.4, 0.5) is 8.78 Å². The van der Waals surface area contributed by atoms with Gasteiger partial charge in [0.15, 0.2) is 0 Å². The van der Waals surface area contributed by atoms with E-state index in [1.807, 2.05) is 0 Å². The number of carbonyl (C=O) groups excluding carboxylic acids is 1. The topological polar surface area (TPSA) is 88.1 Å². The molecule has 0 aliphatic heterocycles. The molecular weight excluding hydrogens is 286 g/mol. The van der Waals surface area contributed by atoms with Gasteiger partial charge in [-0.05, 0) is 37.5 Å². The second kappa shape index (κ2) is 7.95. The summed E-state index contributed by atoms with van der Waals surface area (Å²) >= 11 is -0.698. The fraction of sp³-hybridized carbons (Fsp3) is 0.900. The normalized spacial score (nSPS) is 24.2. The van der Waals surface area contributed by atoms with E-state index >= 15 is 0 Å². The number of halogens is 2. The molecule has 0 spiro atoms. The molecule has 112 valence electrons. The quantitative estimate of drug-likeness (QED) is 0.322. The molecule has 0 heterocycles. The van der Waals surface area contributed by atoms with Gasteiger partial charge in [0.25, 0.3) is 0 Å². The molecule has 0 amide bonds. The van der Waals surface area contributed by atoms with Crippen molar-refractivity contribution in [2.75, 3.05) is 13.2 Å². The van der Waals surface area contributed by atoms with Crippen LogP contribution in [0.15, 0.2) is 0 Å². The van der Waals surface area contributed by atoms with Gasteiger partial charge in [0, 0.05) is 6.61 Å². The minimum atomic E-state index is -3.98. The average molecular weight is 301 g/mol. The highest BCUT2D eigenvalue weighted by Gasteiger charge is 2.44. The molecule has 1 rings (SSSR count). The van der Waals surface area contributed by atoms with Gasteiger partial charge in [0.05, 0.1) is 6.61 Å².